The normalized spacial score (nSPS) is 8.25. The second kappa shape index (κ2) is 23.1. The molecule has 0 aromatic heterocycles. The Bertz CT molecular complexity index is 79.5. The van der Waals surface area contributed by atoms with Gasteiger partial charge in [0.15, 0.2) is 0 Å². The molecule has 0 fully saturated rings. The predicted molar refractivity (Wildman–Crippen MR) is 37.9 cm³/mol. The second-order valence-electron chi connectivity index (χ2n) is 2.32. The molecule has 0 radical (unpaired) electrons. The van der Waals surface area contributed by atoms with Crippen molar-refractivity contribution in [3.63, 3.8) is 0 Å². The Labute approximate surface area is 121 Å². The molecule has 0 aliphatic carbocycles. The minimum Gasteiger partial charge on any atom is -1.00 e. The van der Waals surface area contributed by atoms with Gasteiger partial charge in [-0.15, -0.1) is 0 Å². The van der Waals surface area contributed by atoms with Crippen LogP contribution in [0, 0.1) is 0 Å². The molecule has 0 aromatic carbocycles. The molecule has 4 heteroatoms. The fraction of sp³-hybridized carbons (Fsp3) is 0.750. The van der Waals surface area contributed by atoms with E-state index < -0.39 is 0 Å². The summed E-state index contributed by atoms with van der Waals surface area (Å²) in [5.41, 5.74) is 0. The zero-order valence-electron chi connectivity index (χ0n) is 8.15. The van der Waals surface area contributed by atoms with Gasteiger partial charge in [-0.25, -0.2) is 0 Å². The van der Waals surface area contributed by atoms with Crippen molar-refractivity contribution in [3.05, 3.63) is 10.7 Å². The molecule has 0 aromatic rings. The number of rotatable bonds is 5. The number of hydrogen-bond acceptors (Lipinski definition) is 0. The largest absolute Gasteiger partial charge is 1.00 e. The molecule has 0 rings (SSSR count). The second-order valence-corrected chi connectivity index (χ2v) is 3.31. The topological polar surface area (TPSA) is 0 Å². The number of halogens is 2. The van der Waals surface area contributed by atoms with E-state index in [-0.39, 0.29) is 54.4 Å². The van der Waals surface area contributed by atoms with E-state index in [1.807, 2.05) is 0 Å². The smallest absolute Gasteiger partial charge is 1.00 e. The van der Waals surface area contributed by atoms with E-state index in [4.69, 9.17) is 0 Å². The van der Waals surface area contributed by atoms with Crippen molar-refractivity contribution >= 4 is 0 Å². The predicted octanol–water partition coefficient (Wildman–Crippen LogP) is -5.97. The van der Waals surface area contributed by atoms with Gasteiger partial charge in [-0.3, -0.25) is 0 Å². The van der Waals surface area contributed by atoms with Crippen LogP contribution in [0.3, 0.4) is 0 Å². The molecule has 0 bridgehead atoms. The first-order valence-electron chi connectivity index (χ1n) is 3.86. The third kappa shape index (κ3) is 22.7. The Morgan fingerprint density at radius 3 is 2.08 bits per heavy atom. The standard InChI is InChI=1S/C8H15.2ClH.Na.Zn/c1-3-5-7-8-6-4-2;;;;/h1,3H,4-8H2,2H3;2*1H;;/q;;;2*+1/p-2. The van der Waals surface area contributed by atoms with Gasteiger partial charge in [-0.1, -0.05) is 0 Å². The molecule has 0 amide bonds. The van der Waals surface area contributed by atoms with Gasteiger partial charge < -0.3 is 24.8 Å². The molecule has 0 saturated heterocycles. The van der Waals surface area contributed by atoms with Crippen molar-refractivity contribution in [1.29, 1.82) is 0 Å². The third-order valence-electron chi connectivity index (χ3n) is 1.39. The van der Waals surface area contributed by atoms with Crippen molar-refractivity contribution in [2.45, 2.75) is 39.0 Å². The maximum Gasteiger partial charge on any atom is 1.00 e. The molecule has 0 saturated carbocycles. The van der Waals surface area contributed by atoms with Gasteiger partial charge in [0.2, 0.25) is 0 Å². The molecule has 0 unspecified atom stereocenters. The van der Waals surface area contributed by atoms with Crippen LogP contribution in [0.25, 0.3) is 0 Å². The summed E-state index contributed by atoms with van der Waals surface area (Å²) in [6.07, 6.45) is 9.18. The average molecular weight is 270 g/mol. The Kier molecular flexibility index (Phi) is 45.4. The summed E-state index contributed by atoms with van der Waals surface area (Å²) in [4.78, 5) is 0. The van der Waals surface area contributed by atoms with E-state index >= 15 is 0 Å². The Balaban J connectivity index is -0.000000107. The first kappa shape index (κ1) is 23.6. The number of unbranched alkanes of at least 4 members (excludes halogenated alkanes) is 4. The van der Waals surface area contributed by atoms with Crippen LogP contribution in [-0.2, 0) is 18.3 Å². The summed E-state index contributed by atoms with van der Waals surface area (Å²) in [6, 6.07) is 0. The molecule has 0 aliphatic heterocycles. The van der Waals surface area contributed by atoms with Gasteiger partial charge >= 0.3 is 97.6 Å². The number of allylic oxidation sites excluding steroid dienone is 1. The van der Waals surface area contributed by atoms with E-state index in [1.165, 1.54) is 50.4 Å². The van der Waals surface area contributed by atoms with Crippen LogP contribution in [0.2, 0.25) is 0 Å². The molecule has 64 valence electrons. The van der Waals surface area contributed by atoms with Crippen LogP contribution in [0.4, 0.5) is 0 Å². The fourth-order valence-corrected chi connectivity index (χ4v) is 1.30. The van der Waals surface area contributed by atoms with Gasteiger partial charge in [-0.05, 0) is 0 Å². The summed E-state index contributed by atoms with van der Waals surface area (Å²) in [5.74, 6) is 0. The minimum atomic E-state index is 0. The van der Waals surface area contributed by atoms with Crippen molar-refractivity contribution in [2.24, 2.45) is 0 Å². The summed E-state index contributed by atoms with van der Waals surface area (Å²) in [5, 5.41) is 0. The van der Waals surface area contributed by atoms with Gasteiger partial charge in [0.1, 0.15) is 0 Å². The number of hydrogen-bond donors (Lipinski definition) is 0. The third-order valence-corrected chi connectivity index (χ3v) is 2.09. The zero-order chi connectivity index (χ0) is 6.95. The van der Waals surface area contributed by atoms with Gasteiger partial charge in [0.05, 0.1) is 0 Å². The summed E-state index contributed by atoms with van der Waals surface area (Å²) in [7, 11) is 0. The Hall–Kier alpha value is 1.94. The van der Waals surface area contributed by atoms with Crippen LogP contribution < -0.4 is 54.4 Å². The van der Waals surface area contributed by atoms with Crippen LogP contribution in [0.15, 0.2) is 10.7 Å². The van der Waals surface area contributed by atoms with E-state index in [9.17, 15) is 0 Å². The summed E-state index contributed by atoms with van der Waals surface area (Å²) >= 11 is 1.31. The summed E-state index contributed by atoms with van der Waals surface area (Å²) in [6.45, 7) is 2.25. The molecule has 0 N–H and O–H groups in total. The zero-order valence-corrected chi connectivity index (χ0v) is 14.6. The first-order valence-corrected chi connectivity index (χ1v) is 5.57. The van der Waals surface area contributed by atoms with Crippen molar-refractivity contribution in [3.8, 4) is 0 Å². The molecule has 0 aliphatic rings. The van der Waals surface area contributed by atoms with Gasteiger partial charge in [0.25, 0.3) is 0 Å². The molecule has 0 nitrogen and oxygen atoms in total. The quantitative estimate of drug-likeness (QED) is 0.345. The molecular weight excluding hydrogens is 255 g/mol. The van der Waals surface area contributed by atoms with Crippen LogP contribution in [-0.4, -0.2) is 0 Å². The van der Waals surface area contributed by atoms with Gasteiger partial charge in [0, 0.05) is 0 Å². The van der Waals surface area contributed by atoms with Crippen molar-refractivity contribution < 1.29 is 72.7 Å². The molecule has 0 atom stereocenters. The van der Waals surface area contributed by atoms with E-state index in [0.717, 1.165) is 0 Å². The van der Waals surface area contributed by atoms with E-state index in [2.05, 4.69) is 17.7 Å². The van der Waals surface area contributed by atoms with Crippen LogP contribution in [0.5, 0.6) is 0 Å². The van der Waals surface area contributed by atoms with Crippen molar-refractivity contribution in [1.82, 2.24) is 0 Å². The maximum absolute atomic E-state index is 2.30. The van der Waals surface area contributed by atoms with E-state index in [0.29, 0.717) is 0 Å². The van der Waals surface area contributed by atoms with Crippen molar-refractivity contribution in [2.75, 3.05) is 0 Å². The Morgan fingerprint density at radius 1 is 1.08 bits per heavy atom. The fourth-order valence-electron chi connectivity index (χ4n) is 0.807. The molecule has 12 heavy (non-hydrogen) atoms. The summed E-state index contributed by atoms with van der Waals surface area (Å²) < 4.78 is 2.26. The SMILES string of the molecule is CCCCCCC=[CH][Zn+].[Cl-].[Cl-].[Na+]. The van der Waals surface area contributed by atoms with Crippen LogP contribution >= 0.6 is 0 Å². The molecular formula is C8H15Cl2NaZn. The van der Waals surface area contributed by atoms with E-state index in [1.54, 1.807) is 0 Å². The van der Waals surface area contributed by atoms with Crippen LogP contribution in [0.1, 0.15) is 39.0 Å². The maximum atomic E-state index is 2.30. The molecule has 0 heterocycles. The average Bonchev–Trinajstić information content (AvgIpc) is 1.89. The van der Waals surface area contributed by atoms with Gasteiger partial charge in [-0.2, -0.15) is 0 Å². The molecule has 0 spiro atoms. The monoisotopic (exact) mass is 268 g/mol. The minimum absolute atomic E-state index is 0. The Morgan fingerprint density at radius 2 is 1.67 bits per heavy atom. The first-order chi connectivity index (χ1) is 4.41.